The number of rotatable bonds is 21. The summed E-state index contributed by atoms with van der Waals surface area (Å²) in [7, 11) is -3.18. The van der Waals surface area contributed by atoms with Crippen LogP contribution in [0.3, 0.4) is 0 Å². The standard InChI is InChI=1S/C36H57N2O4P/c1-7-11-19-30(9-3)25-38(26-31(10-4)20-12-8-2)35(40)27-42-29-36(5,6)37-34(39)28-43(41,32-21-15-13-16-22-32)33-23-17-14-18-24-33/h13-18,21-24,30-31H,7-12,19-20,25-29H2,1-6H3,(H,37,39). The molecule has 0 fully saturated rings. The molecule has 0 aliphatic heterocycles. The van der Waals surface area contributed by atoms with Crippen molar-refractivity contribution in [1.29, 1.82) is 0 Å². The maximum absolute atomic E-state index is 14.3. The van der Waals surface area contributed by atoms with Gasteiger partial charge in [0.05, 0.1) is 18.3 Å². The lowest BCUT2D eigenvalue weighted by Crippen LogP contribution is -2.49. The second-order valence-electron chi connectivity index (χ2n) is 12.6. The van der Waals surface area contributed by atoms with Gasteiger partial charge in [-0.25, -0.2) is 0 Å². The van der Waals surface area contributed by atoms with Crippen LogP contribution in [0.4, 0.5) is 0 Å². The molecule has 2 atom stereocenters. The largest absolute Gasteiger partial charge is 0.369 e. The van der Waals surface area contributed by atoms with Crippen LogP contribution < -0.4 is 15.9 Å². The molecular weight excluding hydrogens is 555 g/mol. The van der Waals surface area contributed by atoms with Crippen molar-refractivity contribution in [2.75, 3.05) is 32.5 Å². The summed E-state index contributed by atoms with van der Waals surface area (Å²) in [6, 6.07) is 18.4. The van der Waals surface area contributed by atoms with Crippen molar-refractivity contribution in [2.45, 2.75) is 98.4 Å². The first kappa shape index (κ1) is 36.8. The molecule has 6 nitrogen and oxygen atoms in total. The van der Waals surface area contributed by atoms with Gasteiger partial charge in [-0.05, 0) is 38.5 Å². The van der Waals surface area contributed by atoms with Crippen molar-refractivity contribution in [1.82, 2.24) is 10.2 Å². The van der Waals surface area contributed by atoms with E-state index in [9.17, 15) is 14.2 Å². The number of nitrogens with one attached hydrogen (secondary N) is 1. The smallest absolute Gasteiger partial charge is 0.248 e. The Morgan fingerprint density at radius 3 is 1.70 bits per heavy atom. The van der Waals surface area contributed by atoms with Crippen LogP contribution in [-0.2, 0) is 18.9 Å². The molecule has 0 radical (unpaired) electrons. The van der Waals surface area contributed by atoms with Gasteiger partial charge in [-0.1, -0.05) is 127 Å². The number of carbonyl (C=O) groups excluding carboxylic acids is 2. The second kappa shape index (κ2) is 19.1. The van der Waals surface area contributed by atoms with E-state index < -0.39 is 12.7 Å². The second-order valence-corrected chi connectivity index (χ2v) is 15.5. The fourth-order valence-electron chi connectivity index (χ4n) is 5.55. The van der Waals surface area contributed by atoms with E-state index in [0.29, 0.717) is 22.4 Å². The van der Waals surface area contributed by atoms with Crippen LogP contribution in [0.1, 0.15) is 92.9 Å². The normalized spacial score (nSPS) is 13.3. The van der Waals surface area contributed by atoms with Gasteiger partial charge in [-0.15, -0.1) is 0 Å². The van der Waals surface area contributed by atoms with E-state index in [1.165, 1.54) is 12.8 Å². The van der Waals surface area contributed by atoms with E-state index in [0.717, 1.165) is 51.6 Å². The predicted octanol–water partition coefficient (Wildman–Crippen LogP) is 7.17. The molecule has 0 saturated heterocycles. The van der Waals surface area contributed by atoms with Gasteiger partial charge >= 0.3 is 0 Å². The van der Waals surface area contributed by atoms with Crippen molar-refractivity contribution in [3.8, 4) is 0 Å². The Balaban J connectivity index is 2.04. The number of nitrogens with zero attached hydrogens (tertiary/aromatic N) is 1. The van der Waals surface area contributed by atoms with E-state index in [2.05, 4.69) is 33.0 Å². The van der Waals surface area contributed by atoms with Crippen LogP contribution in [0.2, 0.25) is 0 Å². The van der Waals surface area contributed by atoms with Crippen molar-refractivity contribution < 1.29 is 18.9 Å². The Labute approximate surface area is 261 Å². The van der Waals surface area contributed by atoms with E-state index in [-0.39, 0.29) is 31.2 Å². The van der Waals surface area contributed by atoms with E-state index in [1.807, 2.05) is 79.4 Å². The molecule has 2 aromatic carbocycles. The zero-order valence-electron chi connectivity index (χ0n) is 27.6. The summed E-state index contributed by atoms with van der Waals surface area (Å²) in [6.45, 7) is 14.3. The minimum Gasteiger partial charge on any atom is -0.369 e. The maximum atomic E-state index is 14.3. The average molecular weight is 613 g/mol. The number of benzene rings is 2. The molecule has 0 spiro atoms. The van der Waals surface area contributed by atoms with Gasteiger partial charge in [0.1, 0.15) is 6.61 Å². The summed E-state index contributed by atoms with van der Waals surface area (Å²) >= 11 is 0. The van der Waals surface area contributed by atoms with Gasteiger partial charge in [-0.3, -0.25) is 9.59 Å². The van der Waals surface area contributed by atoms with Gasteiger partial charge in [0.2, 0.25) is 11.8 Å². The zero-order chi connectivity index (χ0) is 31.7. The summed E-state index contributed by atoms with van der Waals surface area (Å²) in [5, 5.41) is 4.34. The highest BCUT2D eigenvalue weighted by Gasteiger charge is 2.32. The topological polar surface area (TPSA) is 75.7 Å². The Morgan fingerprint density at radius 2 is 1.28 bits per heavy atom. The molecule has 1 N–H and O–H groups in total. The molecule has 240 valence electrons. The molecule has 0 saturated carbocycles. The van der Waals surface area contributed by atoms with Crippen molar-refractivity contribution in [3.63, 3.8) is 0 Å². The molecule has 0 aromatic heterocycles. The fraction of sp³-hybridized carbons (Fsp3) is 0.611. The monoisotopic (exact) mass is 612 g/mol. The number of hydrogen-bond acceptors (Lipinski definition) is 4. The molecule has 2 aromatic rings. The predicted molar refractivity (Wildman–Crippen MR) is 181 cm³/mol. The number of unbranched alkanes of at least 4 members (excludes halogenated alkanes) is 2. The third-order valence-electron chi connectivity index (χ3n) is 8.28. The van der Waals surface area contributed by atoms with E-state index in [1.54, 1.807) is 0 Å². The van der Waals surface area contributed by atoms with Crippen LogP contribution >= 0.6 is 7.14 Å². The Bertz CT molecular complexity index is 1060. The summed E-state index contributed by atoms with van der Waals surface area (Å²) in [5.74, 6) is 0.701. The van der Waals surface area contributed by atoms with Gasteiger partial charge in [0.15, 0.2) is 7.14 Å². The number of ether oxygens (including phenoxy) is 1. The first-order chi connectivity index (χ1) is 20.6. The summed E-state index contributed by atoms with van der Waals surface area (Å²) in [6.07, 6.45) is 8.94. The van der Waals surface area contributed by atoms with Crippen molar-refractivity contribution >= 4 is 29.6 Å². The molecule has 7 heteroatoms. The molecule has 2 amide bonds. The third kappa shape index (κ3) is 12.6. The minimum atomic E-state index is -3.18. The number of hydrogen-bond donors (Lipinski definition) is 1. The average Bonchev–Trinajstić information content (AvgIpc) is 3.00. The van der Waals surface area contributed by atoms with E-state index in [4.69, 9.17) is 4.74 Å². The SMILES string of the molecule is CCCCC(CC)CN(CC(CC)CCCC)C(=O)COCC(C)(C)NC(=O)CP(=O)(c1ccccc1)c1ccccc1. The van der Waals surface area contributed by atoms with Crippen molar-refractivity contribution in [3.05, 3.63) is 60.7 Å². The van der Waals surface area contributed by atoms with Gasteiger partial charge in [0.25, 0.3) is 0 Å². The highest BCUT2D eigenvalue weighted by molar-refractivity contribution is 7.79. The third-order valence-corrected chi connectivity index (χ3v) is 11.3. The first-order valence-corrected chi connectivity index (χ1v) is 18.3. The minimum absolute atomic E-state index is 0.0136. The van der Waals surface area contributed by atoms with Crippen molar-refractivity contribution in [2.24, 2.45) is 11.8 Å². The molecular formula is C36H57N2O4P. The Morgan fingerprint density at radius 1 is 0.814 bits per heavy atom. The lowest BCUT2D eigenvalue weighted by Gasteiger charge is -2.32. The highest BCUT2D eigenvalue weighted by Crippen LogP contribution is 2.43. The quantitative estimate of drug-likeness (QED) is 0.152. The highest BCUT2D eigenvalue weighted by atomic mass is 31.2. The van der Waals surface area contributed by atoms with Gasteiger partial charge in [-0.2, -0.15) is 0 Å². The lowest BCUT2D eigenvalue weighted by molar-refractivity contribution is -0.138. The molecule has 0 aliphatic carbocycles. The fourth-order valence-corrected chi connectivity index (χ4v) is 8.00. The lowest BCUT2D eigenvalue weighted by atomic mass is 9.95. The summed E-state index contributed by atoms with van der Waals surface area (Å²) < 4.78 is 20.3. The van der Waals surface area contributed by atoms with Crippen LogP contribution in [0.25, 0.3) is 0 Å². The maximum Gasteiger partial charge on any atom is 0.248 e. The Kier molecular flexibility index (Phi) is 16.3. The van der Waals surface area contributed by atoms with Crippen LogP contribution in [0.15, 0.2) is 60.7 Å². The van der Waals surface area contributed by atoms with E-state index >= 15 is 0 Å². The molecule has 2 rings (SSSR count). The van der Waals surface area contributed by atoms with Crippen LogP contribution in [0.5, 0.6) is 0 Å². The van der Waals surface area contributed by atoms with Gasteiger partial charge < -0.3 is 19.5 Å². The number of amides is 2. The molecule has 0 heterocycles. The summed E-state index contributed by atoms with van der Waals surface area (Å²) in [5.41, 5.74) is -0.736. The first-order valence-electron chi connectivity index (χ1n) is 16.4. The summed E-state index contributed by atoms with van der Waals surface area (Å²) in [4.78, 5) is 28.8. The van der Waals surface area contributed by atoms with Crippen LogP contribution in [-0.4, -0.2) is 54.7 Å². The zero-order valence-corrected chi connectivity index (χ0v) is 28.5. The Hall–Kier alpha value is -2.43. The molecule has 2 unspecified atom stereocenters. The molecule has 43 heavy (non-hydrogen) atoms. The molecule has 0 bridgehead atoms. The number of carbonyl (C=O) groups is 2. The van der Waals surface area contributed by atoms with Gasteiger partial charge in [0, 0.05) is 23.7 Å². The van der Waals surface area contributed by atoms with Crippen LogP contribution in [0, 0.1) is 11.8 Å². The molecule has 0 aliphatic rings.